The highest BCUT2D eigenvalue weighted by Crippen LogP contribution is 2.51. The highest BCUT2D eigenvalue weighted by atomic mass is 32.2. The van der Waals surface area contributed by atoms with E-state index in [0.717, 1.165) is 18.6 Å². The summed E-state index contributed by atoms with van der Waals surface area (Å²) in [7, 11) is -1.52. The normalized spacial score (nSPS) is 27.8. The fourth-order valence-electron chi connectivity index (χ4n) is 3.47. The Labute approximate surface area is 133 Å². The number of rotatable bonds is 3. The van der Waals surface area contributed by atoms with E-state index >= 15 is 0 Å². The maximum atomic E-state index is 12.8. The van der Waals surface area contributed by atoms with E-state index < -0.39 is 10.0 Å². The van der Waals surface area contributed by atoms with Gasteiger partial charge in [0.2, 0.25) is 10.0 Å². The minimum atomic E-state index is -3.18. The molecule has 1 saturated carbocycles. The van der Waals surface area contributed by atoms with Crippen LogP contribution in [-0.4, -0.2) is 38.2 Å². The number of ether oxygens (including phenoxy) is 1. The number of nitrogens with zero attached hydrogens (tertiary/aromatic N) is 1. The lowest BCUT2D eigenvalue weighted by molar-refractivity contribution is 0.400. The van der Waals surface area contributed by atoms with Crippen molar-refractivity contribution in [3.8, 4) is 5.75 Å². The molecule has 1 fully saturated rings. The van der Waals surface area contributed by atoms with Gasteiger partial charge < -0.3 is 4.74 Å². The van der Waals surface area contributed by atoms with Crippen molar-refractivity contribution in [1.29, 1.82) is 0 Å². The summed E-state index contributed by atoms with van der Waals surface area (Å²) in [4.78, 5) is 0. The molecule has 2 unspecified atom stereocenters. The Hall–Kier alpha value is -1.07. The van der Waals surface area contributed by atoms with Crippen LogP contribution in [0.1, 0.15) is 44.2 Å². The summed E-state index contributed by atoms with van der Waals surface area (Å²) in [6.45, 7) is 7.32. The molecule has 0 aromatic heterocycles. The number of hydrogen-bond acceptors (Lipinski definition) is 3. The van der Waals surface area contributed by atoms with Crippen LogP contribution in [0, 0.1) is 5.41 Å². The molecule has 0 N–H and O–H groups in total. The zero-order valence-electron chi connectivity index (χ0n) is 13.8. The van der Waals surface area contributed by atoms with Gasteiger partial charge in [-0.1, -0.05) is 26.8 Å². The number of fused-ring (bicyclic) bond motifs is 1. The average Bonchev–Trinajstić information content (AvgIpc) is 3.15. The van der Waals surface area contributed by atoms with Crippen LogP contribution in [0.2, 0.25) is 0 Å². The summed E-state index contributed by atoms with van der Waals surface area (Å²) in [6, 6.07) is 6.08. The van der Waals surface area contributed by atoms with Crippen molar-refractivity contribution in [1.82, 2.24) is 4.31 Å². The summed E-state index contributed by atoms with van der Waals surface area (Å²) in [5.41, 5.74) is 2.39. The van der Waals surface area contributed by atoms with Crippen LogP contribution in [0.25, 0.3) is 0 Å². The van der Waals surface area contributed by atoms with Crippen molar-refractivity contribution in [3.05, 3.63) is 29.3 Å². The van der Waals surface area contributed by atoms with Gasteiger partial charge in [-0.15, -0.1) is 0 Å². The SMILES string of the molecule is COc1ccc2c(c1)C(C)CN(S(=O)(=O)C1CC1(C)C)CC2. The molecule has 1 aromatic rings. The predicted molar refractivity (Wildman–Crippen MR) is 87.8 cm³/mol. The minimum Gasteiger partial charge on any atom is -0.497 e. The molecule has 1 aliphatic heterocycles. The number of methoxy groups -OCH3 is 1. The van der Waals surface area contributed by atoms with Gasteiger partial charge in [-0.05, 0) is 47.4 Å². The van der Waals surface area contributed by atoms with Gasteiger partial charge in [0.1, 0.15) is 5.75 Å². The smallest absolute Gasteiger partial charge is 0.217 e. The van der Waals surface area contributed by atoms with E-state index in [1.807, 2.05) is 19.9 Å². The van der Waals surface area contributed by atoms with Crippen LogP contribution in [0.5, 0.6) is 5.75 Å². The van der Waals surface area contributed by atoms with E-state index in [4.69, 9.17) is 4.74 Å². The van der Waals surface area contributed by atoms with E-state index in [0.29, 0.717) is 13.1 Å². The largest absolute Gasteiger partial charge is 0.497 e. The average molecular weight is 323 g/mol. The molecular formula is C17H25NO3S. The number of sulfonamides is 1. The van der Waals surface area contributed by atoms with E-state index in [2.05, 4.69) is 19.1 Å². The predicted octanol–water partition coefficient (Wildman–Crippen LogP) is 2.79. The Morgan fingerprint density at radius 2 is 2.00 bits per heavy atom. The second-order valence-electron chi connectivity index (χ2n) is 7.30. The molecule has 0 radical (unpaired) electrons. The topological polar surface area (TPSA) is 46.6 Å². The van der Waals surface area contributed by atoms with Gasteiger partial charge in [-0.2, -0.15) is 0 Å². The number of hydrogen-bond donors (Lipinski definition) is 0. The Balaban J connectivity index is 1.86. The summed E-state index contributed by atoms with van der Waals surface area (Å²) in [6.07, 6.45) is 1.55. The van der Waals surface area contributed by atoms with Gasteiger partial charge >= 0.3 is 0 Å². The maximum Gasteiger partial charge on any atom is 0.217 e. The van der Waals surface area contributed by atoms with Crippen molar-refractivity contribution < 1.29 is 13.2 Å². The van der Waals surface area contributed by atoms with Gasteiger partial charge in [0, 0.05) is 13.1 Å². The lowest BCUT2D eigenvalue weighted by Gasteiger charge is -2.23. The van der Waals surface area contributed by atoms with E-state index in [-0.39, 0.29) is 16.6 Å². The van der Waals surface area contributed by atoms with Gasteiger partial charge in [0.05, 0.1) is 12.4 Å². The standard InChI is InChI=1S/C17H25NO3S/c1-12-11-18(22(19,20)16-10-17(16,2)3)8-7-13-5-6-14(21-4)9-15(12)13/h5-6,9,12,16H,7-8,10-11H2,1-4H3. The van der Waals surface area contributed by atoms with Gasteiger partial charge in [-0.25, -0.2) is 12.7 Å². The highest BCUT2D eigenvalue weighted by molar-refractivity contribution is 7.90. The van der Waals surface area contributed by atoms with Crippen molar-refractivity contribution >= 4 is 10.0 Å². The van der Waals surface area contributed by atoms with Gasteiger partial charge in [0.15, 0.2) is 0 Å². The van der Waals surface area contributed by atoms with E-state index in [1.165, 1.54) is 11.1 Å². The fourth-order valence-corrected chi connectivity index (χ4v) is 6.05. The van der Waals surface area contributed by atoms with E-state index in [9.17, 15) is 8.42 Å². The monoisotopic (exact) mass is 323 g/mol. The second-order valence-corrected chi connectivity index (χ2v) is 9.42. The third kappa shape index (κ3) is 2.65. The van der Waals surface area contributed by atoms with Crippen LogP contribution in [0.3, 0.4) is 0 Å². The first-order valence-corrected chi connectivity index (χ1v) is 9.42. The molecule has 0 saturated heterocycles. The summed E-state index contributed by atoms with van der Waals surface area (Å²) in [5.74, 6) is 1.02. The molecule has 4 nitrogen and oxygen atoms in total. The van der Waals surface area contributed by atoms with Gasteiger partial charge in [0.25, 0.3) is 0 Å². The molecule has 1 heterocycles. The van der Waals surface area contributed by atoms with Crippen molar-refractivity contribution in [2.24, 2.45) is 5.41 Å². The molecule has 0 bridgehead atoms. The fraction of sp³-hybridized carbons (Fsp3) is 0.647. The molecule has 1 aromatic carbocycles. The summed E-state index contributed by atoms with van der Waals surface area (Å²) >= 11 is 0. The van der Waals surface area contributed by atoms with Crippen LogP contribution >= 0.6 is 0 Å². The third-order valence-electron chi connectivity index (χ3n) is 5.13. The Kier molecular flexibility index (Phi) is 3.76. The lowest BCUT2D eigenvalue weighted by Crippen LogP contribution is -2.37. The highest BCUT2D eigenvalue weighted by Gasteiger charge is 2.56. The summed E-state index contributed by atoms with van der Waals surface area (Å²) < 4.78 is 32.7. The first-order valence-electron chi connectivity index (χ1n) is 7.91. The van der Waals surface area contributed by atoms with E-state index in [1.54, 1.807) is 11.4 Å². The Morgan fingerprint density at radius 1 is 1.32 bits per heavy atom. The van der Waals surface area contributed by atoms with Crippen molar-refractivity contribution in [2.75, 3.05) is 20.2 Å². The first-order chi connectivity index (χ1) is 10.3. The van der Waals surface area contributed by atoms with Crippen LogP contribution in [0.4, 0.5) is 0 Å². The molecular weight excluding hydrogens is 298 g/mol. The molecule has 122 valence electrons. The molecule has 0 amide bonds. The maximum absolute atomic E-state index is 12.8. The second kappa shape index (κ2) is 5.24. The van der Waals surface area contributed by atoms with Crippen molar-refractivity contribution in [3.63, 3.8) is 0 Å². The quantitative estimate of drug-likeness (QED) is 0.859. The molecule has 2 atom stereocenters. The number of benzene rings is 1. The summed E-state index contributed by atoms with van der Waals surface area (Å²) in [5, 5.41) is -0.206. The third-order valence-corrected chi connectivity index (χ3v) is 7.71. The van der Waals surface area contributed by atoms with Crippen LogP contribution < -0.4 is 4.74 Å². The van der Waals surface area contributed by atoms with Gasteiger partial charge in [-0.3, -0.25) is 0 Å². The zero-order valence-corrected chi connectivity index (χ0v) is 14.6. The van der Waals surface area contributed by atoms with Crippen LogP contribution in [-0.2, 0) is 16.4 Å². The van der Waals surface area contributed by atoms with Crippen molar-refractivity contribution in [2.45, 2.75) is 44.8 Å². The molecule has 5 heteroatoms. The Bertz CT molecular complexity index is 681. The Morgan fingerprint density at radius 3 is 2.59 bits per heavy atom. The molecule has 1 aliphatic carbocycles. The minimum absolute atomic E-state index is 0.0650. The molecule has 2 aliphatic rings. The zero-order chi connectivity index (χ0) is 16.1. The first kappa shape index (κ1) is 15.8. The lowest BCUT2D eigenvalue weighted by atomic mass is 9.95. The van der Waals surface area contributed by atoms with Crippen LogP contribution in [0.15, 0.2) is 18.2 Å². The molecule has 0 spiro atoms. The molecule has 22 heavy (non-hydrogen) atoms. The molecule has 3 rings (SSSR count).